The summed E-state index contributed by atoms with van der Waals surface area (Å²) in [7, 11) is 0. The monoisotopic (exact) mass is 346 g/mol. The Kier molecular flexibility index (Phi) is 4.60. The lowest BCUT2D eigenvalue weighted by molar-refractivity contribution is 0.487. The molecule has 1 aromatic carbocycles. The standard InChI is InChI=1S/C22H26N4/c1-15(2)8-9-26-14-20(13-24-26)21-7-4-16(3)25-22(21)17-5-6-18-11-23-12-19(18)10-17/h4-7,10,13-15,23H,8-9,11-12H2,1-3H3. The van der Waals surface area contributed by atoms with Crippen molar-refractivity contribution in [2.45, 2.75) is 46.8 Å². The summed E-state index contributed by atoms with van der Waals surface area (Å²) in [6.07, 6.45) is 5.25. The van der Waals surface area contributed by atoms with Crippen molar-refractivity contribution in [3.8, 4) is 22.4 Å². The molecule has 134 valence electrons. The maximum atomic E-state index is 4.87. The molecule has 26 heavy (non-hydrogen) atoms. The molecule has 0 radical (unpaired) electrons. The SMILES string of the molecule is Cc1ccc(-c2cnn(CCC(C)C)c2)c(-c2ccc3c(c2)CNC3)n1. The molecule has 0 amide bonds. The average molecular weight is 346 g/mol. The van der Waals surface area contributed by atoms with Crippen LogP contribution in [0.4, 0.5) is 0 Å². The number of hydrogen-bond acceptors (Lipinski definition) is 3. The predicted octanol–water partition coefficient (Wildman–Crippen LogP) is 4.57. The quantitative estimate of drug-likeness (QED) is 0.736. The molecule has 3 heterocycles. The lowest BCUT2D eigenvalue weighted by Crippen LogP contribution is -2.01. The van der Waals surface area contributed by atoms with Gasteiger partial charge in [-0.3, -0.25) is 9.67 Å². The Bertz CT molecular complexity index is 924. The van der Waals surface area contributed by atoms with Crippen LogP contribution in [0.15, 0.2) is 42.7 Å². The van der Waals surface area contributed by atoms with Crippen molar-refractivity contribution in [1.82, 2.24) is 20.1 Å². The van der Waals surface area contributed by atoms with Crippen LogP contribution in [0.25, 0.3) is 22.4 Å². The first-order valence-electron chi connectivity index (χ1n) is 9.43. The predicted molar refractivity (Wildman–Crippen MR) is 106 cm³/mol. The number of pyridine rings is 1. The minimum atomic E-state index is 0.680. The van der Waals surface area contributed by atoms with Crippen LogP contribution in [0.5, 0.6) is 0 Å². The van der Waals surface area contributed by atoms with E-state index in [0.29, 0.717) is 5.92 Å². The molecule has 1 aliphatic heterocycles. The number of aryl methyl sites for hydroxylation is 2. The first kappa shape index (κ1) is 17.0. The van der Waals surface area contributed by atoms with E-state index < -0.39 is 0 Å². The number of nitrogens with zero attached hydrogens (tertiary/aromatic N) is 3. The van der Waals surface area contributed by atoms with E-state index in [1.54, 1.807) is 0 Å². The molecule has 0 spiro atoms. The molecule has 0 unspecified atom stereocenters. The smallest absolute Gasteiger partial charge is 0.0784 e. The van der Waals surface area contributed by atoms with Crippen LogP contribution >= 0.6 is 0 Å². The van der Waals surface area contributed by atoms with Crippen LogP contribution in [0.1, 0.15) is 37.1 Å². The summed E-state index contributed by atoms with van der Waals surface area (Å²) in [5.74, 6) is 0.680. The third kappa shape index (κ3) is 3.42. The Morgan fingerprint density at radius 2 is 1.92 bits per heavy atom. The van der Waals surface area contributed by atoms with Crippen molar-refractivity contribution in [2.75, 3.05) is 0 Å². The molecule has 1 aliphatic rings. The summed E-state index contributed by atoms with van der Waals surface area (Å²) in [6.45, 7) is 9.40. The van der Waals surface area contributed by atoms with E-state index in [2.05, 4.69) is 60.8 Å². The van der Waals surface area contributed by atoms with Crippen molar-refractivity contribution in [3.05, 3.63) is 59.5 Å². The summed E-state index contributed by atoms with van der Waals surface area (Å²) >= 11 is 0. The molecule has 4 heteroatoms. The third-order valence-corrected chi connectivity index (χ3v) is 5.02. The summed E-state index contributed by atoms with van der Waals surface area (Å²) in [5, 5.41) is 7.98. The van der Waals surface area contributed by atoms with Gasteiger partial charge in [0.25, 0.3) is 0 Å². The molecule has 0 saturated carbocycles. The van der Waals surface area contributed by atoms with Crippen molar-refractivity contribution in [2.24, 2.45) is 5.92 Å². The van der Waals surface area contributed by atoms with Gasteiger partial charge in [0.15, 0.2) is 0 Å². The number of aromatic nitrogens is 3. The maximum absolute atomic E-state index is 4.87. The van der Waals surface area contributed by atoms with Gasteiger partial charge < -0.3 is 5.32 Å². The molecule has 4 rings (SSSR count). The highest BCUT2D eigenvalue weighted by Gasteiger charge is 2.15. The molecule has 0 fully saturated rings. The molecule has 0 atom stereocenters. The third-order valence-electron chi connectivity index (χ3n) is 5.02. The van der Waals surface area contributed by atoms with Gasteiger partial charge in [-0.15, -0.1) is 0 Å². The Labute approximate surface area is 155 Å². The highest BCUT2D eigenvalue weighted by atomic mass is 15.3. The van der Waals surface area contributed by atoms with Gasteiger partial charge in [0.1, 0.15) is 0 Å². The van der Waals surface area contributed by atoms with E-state index >= 15 is 0 Å². The molecule has 1 N–H and O–H groups in total. The Balaban J connectivity index is 1.71. The van der Waals surface area contributed by atoms with E-state index in [1.165, 1.54) is 16.7 Å². The van der Waals surface area contributed by atoms with Crippen molar-refractivity contribution < 1.29 is 0 Å². The van der Waals surface area contributed by atoms with Gasteiger partial charge in [-0.2, -0.15) is 5.10 Å². The zero-order chi connectivity index (χ0) is 18.1. The normalized spacial score (nSPS) is 13.4. The van der Waals surface area contributed by atoms with Gasteiger partial charge in [-0.25, -0.2) is 0 Å². The second-order valence-corrected chi connectivity index (χ2v) is 7.61. The van der Waals surface area contributed by atoms with Crippen molar-refractivity contribution in [3.63, 3.8) is 0 Å². The fourth-order valence-electron chi connectivity index (χ4n) is 3.47. The molecule has 2 aromatic heterocycles. The topological polar surface area (TPSA) is 42.7 Å². The zero-order valence-electron chi connectivity index (χ0n) is 15.8. The van der Waals surface area contributed by atoms with E-state index in [4.69, 9.17) is 4.98 Å². The highest BCUT2D eigenvalue weighted by molar-refractivity contribution is 5.80. The molecule has 0 bridgehead atoms. The number of rotatable bonds is 5. The van der Waals surface area contributed by atoms with Crippen LogP contribution in [0.2, 0.25) is 0 Å². The summed E-state index contributed by atoms with van der Waals surface area (Å²) in [6, 6.07) is 11.0. The fraction of sp³-hybridized carbons (Fsp3) is 0.364. The van der Waals surface area contributed by atoms with Crippen LogP contribution < -0.4 is 5.32 Å². The van der Waals surface area contributed by atoms with Gasteiger partial charge >= 0.3 is 0 Å². The van der Waals surface area contributed by atoms with Crippen molar-refractivity contribution >= 4 is 0 Å². The zero-order valence-corrected chi connectivity index (χ0v) is 15.8. The first-order valence-corrected chi connectivity index (χ1v) is 9.43. The molecule has 4 nitrogen and oxygen atoms in total. The lowest BCUT2D eigenvalue weighted by atomic mass is 9.98. The largest absolute Gasteiger partial charge is 0.309 e. The van der Waals surface area contributed by atoms with Crippen LogP contribution in [-0.4, -0.2) is 14.8 Å². The summed E-state index contributed by atoms with van der Waals surface area (Å²) < 4.78 is 2.05. The average Bonchev–Trinajstić information content (AvgIpc) is 3.28. The summed E-state index contributed by atoms with van der Waals surface area (Å²) in [5.41, 5.74) is 8.32. The second kappa shape index (κ2) is 7.04. The number of hydrogen-bond donors (Lipinski definition) is 1. The maximum Gasteiger partial charge on any atom is 0.0784 e. The second-order valence-electron chi connectivity index (χ2n) is 7.61. The molecular weight excluding hydrogens is 320 g/mol. The lowest BCUT2D eigenvalue weighted by Gasteiger charge is -2.10. The van der Waals surface area contributed by atoms with Crippen LogP contribution in [0, 0.1) is 12.8 Å². The van der Waals surface area contributed by atoms with Crippen LogP contribution in [-0.2, 0) is 19.6 Å². The molecule has 0 saturated heterocycles. The van der Waals surface area contributed by atoms with E-state index in [0.717, 1.165) is 48.6 Å². The van der Waals surface area contributed by atoms with Gasteiger partial charge in [0, 0.05) is 48.2 Å². The molecular formula is C22H26N4. The fourth-order valence-corrected chi connectivity index (χ4v) is 3.47. The van der Waals surface area contributed by atoms with Gasteiger partial charge in [0.2, 0.25) is 0 Å². The van der Waals surface area contributed by atoms with Gasteiger partial charge in [0.05, 0.1) is 11.9 Å². The first-order chi connectivity index (χ1) is 12.6. The Morgan fingerprint density at radius 1 is 1.08 bits per heavy atom. The molecule has 0 aliphatic carbocycles. The molecule has 3 aromatic rings. The Hall–Kier alpha value is -2.46. The Morgan fingerprint density at radius 3 is 2.77 bits per heavy atom. The van der Waals surface area contributed by atoms with E-state index in [9.17, 15) is 0 Å². The van der Waals surface area contributed by atoms with Crippen molar-refractivity contribution in [1.29, 1.82) is 0 Å². The van der Waals surface area contributed by atoms with E-state index in [1.807, 2.05) is 17.8 Å². The number of benzene rings is 1. The number of fused-ring (bicyclic) bond motifs is 1. The van der Waals surface area contributed by atoms with Gasteiger partial charge in [-0.1, -0.05) is 32.0 Å². The van der Waals surface area contributed by atoms with Gasteiger partial charge in [-0.05, 0) is 42.5 Å². The minimum Gasteiger partial charge on any atom is -0.309 e. The summed E-state index contributed by atoms with van der Waals surface area (Å²) in [4.78, 5) is 4.87. The van der Waals surface area contributed by atoms with E-state index in [-0.39, 0.29) is 0 Å². The highest BCUT2D eigenvalue weighted by Crippen LogP contribution is 2.32. The number of nitrogens with one attached hydrogen (secondary N) is 1. The van der Waals surface area contributed by atoms with Crippen LogP contribution in [0.3, 0.4) is 0 Å². The minimum absolute atomic E-state index is 0.680.